The summed E-state index contributed by atoms with van der Waals surface area (Å²) in [5, 5.41) is 14.6. The zero-order valence-corrected chi connectivity index (χ0v) is 13.3. The highest BCUT2D eigenvalue weighted by molar-refractivity contribution is 5.51. The lowest BCUT2D eigenvalue weighted by atomic mass is 9.96. The van der Waals surface area contributed by atoms with E-state index in [1.807, 2.05) is 18.2 Å². The maximum atomic E-state index is 5.89. The highest BCUT2D eigenvalue weighted by Crippen LogP contribution is 2.24. The minimum absolute atomic E-state index is 0.760. The van der Waals surface area contributed by atoms with Crippen LogP contribution in [0.15, 0.2) is 28.8 Å². The van der Waals surface area contributed by atoms with Gasteiger partial charge in [-0.1, -0.05) is 0 Å². The van der Waals surface area contributed by atoms with E-state index in [2.05, 4.69) is 32.3 Å². The maximum absolute atomic E-state index is 5.89. The summed E-state index contributed by atoms with van der Waals surface area (Å²) in [6.45, 7) is 1.60. The van der Waals surface area contributed by atoms with Crippen molar-refractivity contribution in [3.8, 4) is 11.5 Å². The van der Waals surface area contributed by atoms with Crippen LogP contribution in [-0.4, -0.2) is 32.3 Å². The maximum Gasteiger partial charge on any atom is 0.152 e. The fourth-order valence-electron chi connectivity index (χ4n) is 3.26. The summed E-state index contributed by atoms with van der Waals surface area (Å²) in [5.41, 5.74) is 4.85. The molecule has 120 valence electrons. The number of aromatic amines is 2. The summed E-state index contributed by atoms with van der Waals surface area (Å²) in [6, 6.07) is 5.90. The number of hydrogen-bond donors (Lipinski definition) is 2. The van der Waals surface area contributed by atoms with Gasteiger partial charge < -0.3 is 4.42 Å². The van der Waals surface area contributed by atoms with Crippen LogP contribution in [0.3, 0.4) is 0 Å². The van der Waals surface area contributed by atoms with E-state index < -0.39 is 0 Å². The first kappa shape index (κ1) is 14.3. The van der Waals surface area contributed by atoms with Gasteiger partial charge in [-0.2, -0.15) is 10.2 Å². The molecule has 0 spiro atoms. The van der Waals surface area contributed by atoms with Crippen molar-refractivity contribution in [2.75, 3.05) is 7.05 Å². The molecule has 1 aliphatic rings. The van der Waals surface area contributed by atoms with Crippen LogP contribution < -0.4 is 0 Å². The minimum Gasteiger partial charge on any atom is -0.458 e. The van der Waals surface area contributed by atoms with E-state index in [9.17, 15) is 0 Å². The second-order valence-electron chi connectivity index (χ2n) is 6.24. The van der Waals surface area contributed by atoms with Gasteiger partial charge in [0, 0.05) is 18.4 Å². The van der Waals surface area contributed by atoms with Crippen molar-refractivity contribution in [1.82, 2.24) is 25.3 Å². The molecule has 3 aromatic rings. The first-order valence-electron chi connectivity index (χ1n) is 8.11. The first-order valence-corrected chi connectivity index (χ1v) is 8.11. The van der Waals surface area contributed by atoms with Crippen LogP contribution in [0.4, 0.5) is 0 Å². The Kier molecular flexibility index (Phi) is 3.75. The van der Waals surface area contributed by atoms with E-state index >= 15 is 0 Å². The number of nitrogens with zero attached hydrogens (tertiary/aromatic N) is 3. The lowest BCUT2D eigenvalue weighted by Gasteiger charge is -2.16. The lowest BCUT2D eigenvalue weighted by molar-refractivity contribution is 0.285. The third kappa shape index (κ3) is 2.94. The van der Waals surface area contributed by atoms with Gasteiger partial charge in [0.25, 0.3) is 0 Å². The van der Waals surface area contributed by atoms with Gasteiger partial charge in [0.15, 0.2) is 5.76 Å². The van der Waals surface area contributed by atoms with Gasteiger partial charge in [0.05, 0.1) is 12.2 Å². The van der Waals surface area contributed by atoms with E-state index in [4.69, 9.17) is 4.42 Å². The molecule has 0 saturated carbocycles. The normalized spacial score (nSPS) is 14.3. The lowest BCUT2D eigenvalue weighted by Crippen LogP contribution is -2.18. The molecular formula is C17H21N5O. The van der Waals surface area contributed by atoms with Crippen LogP contribution >= 0.6 is 0 Å². The van der Waals surface area contributed by atoms with Crippen molar-refractivity contribution in [2.45, 2.75) is 38.8 Å². The summed E-state index contributed by atoms with van der Waals surface area (Å²) in [7, 11) is 2.10. The van der Waals surface area contributed by atoms with Crippen LogP contribution in [0.1, 0.15) is 35.6 Å². The molecule has 1 aliphatic carbocycles. The molecule has 0 bridgehead atoms. The van der Waals surface area contributed by atoms with E-state index in [0.29, 0.717) is 0 Å². The molecule has 3 heterocycles. The number of nitrogens with one attached hydrogen (secondary N) is 2. The Morgan fingerprint density at radius 3 is 2.91 bits per heavy atom. The monoisotopic (exact) mass is 311 g/mol. The molecule has 0 aliphatic heterocycles. The van der Waals surface area contributed by atoms with Gasteiger partial charge in [-0.25, -0.2) is 0 Å². The Morgan fingerprint density at radius 1 is 1.13 bits per heavy atom. The minimum atomic E-state index is 0.760. The second-order valence-corrected chi connectivity index (χ2v) is 6.24. The van der Waals surface area contributed by atoms with E-state index in [1.165, 1.54) is 29.8 Å². The van der Waals surface area contributed by atoms with Crippen molar-refractivity contribution >= 4 is 0 Å². The highest BCUT2D eigenvalue weighted by Gasteiger charge is 2.18. The van der Waals surface area contributed by atoms with Crippen molar-refractivity contribution in [3.05, 3.63) is 47.1 Å². The van der Waals surface area contributed by atoms with Gasteiger partial charge in [-0.3, -0.25) is 15.1 Å². The number of hydrogen-bond acceptors (Lipinski definition) is 4. The number of furan rings is 1. The topological polar surface area (TPSA) is 73.7 Å². The summed E-state index contributed by atoms with van der Waals surface area (Å²) in [5.74, 6) is 1.77. The van der Waals surface area contributed by atoms with Gasteiger partial charge in [-0.05, 0) is 56.5 Å². The molecule has 4 rings (SSSR count). The molecular weight excluding hydrogens is 290 g/mol. The highest BCUT2D eigenvalue weighted by atomic mass is 16.3. The molecule has 3 aromatic heterocycles. The molecule has 0 radical (unpaired) electrons. The van der Waals surface area contributed by atoms with Gasteiger partial charge in [0.2, 0.25) is 0 Å². The number of aryl methyl sites for hydroxylation is 1. The Labute approximate surface area is 134 Å². The third-order valence-electron chi connectivity index (χ3n) is 4.42. The Hall–Kier alpha value is -2.34. The van der Waals surface area contributed by atoms with Gasteiger partial charge >= 0.3 is 0 Å². The second kappa shape index (κ2) is 6.04. The quantitative estimate of drug-likeness (QED) is 0.760. The standard InChI is InChI=1S/C17H21N5O/c1-22(11-16-13-4-2-3-5-14(13)20-21-16)10-12-6-7-17(23-12)15-8-9-18-19-15/h6-9H,2-5,10-11H2,1H3,(H,18,19)(H,20,21). The SMILES string of the molecule is CN(Cc1ccc(-c2ccn[nH]2)o1)Cc1n[nH]c2c1CCCC2. The van der Waals surface area contributed by atoms with Crippen molar-refractivity contribution in [1.29, 1.82) is 0 Å². The van der Waals surface area contributed by atoms with E-state index in [1.54, 1.807) is 6.20 Å². The van der Waals surface area contributed by atoms with Crippen LogP contribution in [0.5, 0.6) is 0 Å². The van der Waals surface area contributed by atoms with Crippen molar-refractivity contribution < 1.29 is 4.42 Å². The fraction of sp³-hybridized carbons (Fsp3) is 0.412. The molecule has 6 nitrogen and oxygen atoms in total. The summed E-state index contributed by atoms with van der Waals surface area (Å²) < 4.78 is 5.89. The predicted molar refractivity (Wildman–Crippen MR) is 86.7 cm³/mol. The number of rotatable bonds is 5. The average molecular weight is 311 g/mol. The summed E-state index contributed by atoms with van der Waals surface area (Å²) in [4.78, 5) is 2.24. The third-order valence-corrected chi connectivity index (χ3v) is 4.42. The number of aromatic nitrogens is 4. The largest absolute Gasteiger partial charge is 0.458 e. The molecule has 0 fully saturated rings. The molecule has 0 aromatic carbocycles. The average Bonchev–Trinajstić information content (AvgIpc) is 3.27. The Balaban J connectivity index is 1.42. The fourth-order valence-corrected chi connectivity index (χ4v) is 3.26. The first-order chi connectivity index (χ1) is 11.3. The smallest absolute Gasteiger partial charge is 0.152 e. The molecule has 0 saturated heterocycles. The molecule has 6 heteroatoms. The molecule has 23 heavy (non-hydrogen) atoms. The predicted octanol–water partition coefficient (Wildman–Crippen LogP) is 2.90. The zero-order valence-electron chi connectivity index (χ0n) is 13.3. The molecule has 2 N–H and O–H groups in total. The Bertz CT molecular complexity index is 771. The van der Waals surface area contributed by atoms with Crippen LogP contribution in [-0.2, 0) is 25.9 Å². The Morgan fingerprint density at radius 2 is 2.04 bits per heavy atom. The van der Waals surface area contributed by atoms with Crippen molar-refractivity contribution in [3.63, 3.8) is 0 Å². The summed E-state index contributed by atoms with van der Waals surface area (Å²) in [6.07, 6.45) is 6.56. The van der Waals surface area contributed by atoms with Crippen LogP contribution in [0, 0.1) is 0 Å². The molecule has 0 atom stereocenters. The van der Waals surface area contributed by atoms with Crippen LogP contribution in [0.25, 0.3) is 11.5 Å². The van der Waals surface area contributed by atoms with Gasteiger partial charge in [-0.15, -0.1) is 0 Å². The van der Waals surface area contributed by atoms with E-state index in [-0.39, 0.29) is 0 Å². The van der Waals surface area contributed by atoms with E-state index in [0.717, 1.165) is 43.1 Å². The number of H-pyrrole nitrogens is 2. The zero-order chi connectivity index (χ0) is 15.6. The van der Waals surface area contributed by atoms with Gasteiger partial charge in [0.1, 0.15) is 11.5 Å². The summed E-state index contributed by atoms with van der Waals surface area (Å²) >= 11 is 0. The number of fused-ring (bicyclic) bond motifs is 1. The molecule has 0 unspecified atom stereocenters. The van der Waals surface area contributed by atoms with Crippen molar-refractivity contribution in [2.24, 2.45) is 0 Å². The van der Waals surface area contributed by atoms with Crippen LogP contribution in [0.2, 0.25) is 0 Å². The molecule has 0 amide bonds.